The molecule has 1 aromatic rings. The summed E-state index contributed by atoms with van der Waals surface area (Å²) < 4.78 is 0. The number of nitrogens with two attached hydrogens (primary N) is 1. The molecule has 0 bridgehead atoms. The quantitative estimate of drug-likeness (QED) is 0.845. The van der Waals surface area contributed by atoms with Gasteiger partial charge in [-0.2, -0.15) is 0 Å². The first-order valence-electron chi connectivity index (χ1n) is 6.58. The van der Waals surface area contributed by atoms with Crippen molar-refractivity contribution in [2.24, 2.45) is 11.7 Å². The van der Waals surface area contributed by atoms with Crippen molar-refractivity contribution in [3.05, 3.63) is 34.9 Å². The van der Waals surface area contributed by atoms with Crippen LogP contribution in [0, 0.1) is 19.8 Å². The second-order valence-electron chi connectivity index (χ2n) is 5.49. The predicted molar refractivity (Wildman–Crippen MR) is 72.9 cm³/mol. The largest absolute Gasteiger partial charge is 0.329 e. The first-order valence-corrected chi connectivity index (χ1v) is 6.58. The van der Waals surface area contributed by atoms with E-state index in [0.717, 1.165) is 19.0 Å². The normalized spacial score (nSPS) is 17.5. The fraction of sp³-hybridized carbons (Fsp3) is 0.600. The van der Waals surface area contributed by atoms with E-state index in [1.807, 2.05) is 0 Å². The molecule has 0 radical (unpaired) electrons. The molecule has 2 nitrogen and oxygen atoms in total. The Labute approximate surface area is 105 Å². The van der Waals surface area contributed by atoms with Gasteiger partial charge in [-0.3, -0.25) is 4.90 Å². The molecule has 1 fully saturated rings. The lowest BCUT2D eigenvalue weighted by atomic mass is 10.0. The molecule has 2 heteroatoms. The lowest BCUT2D eigenvalue weighted by Gasteiger charge is -2.27. The summed E-state index contributed by atoms with van der Waals surface area (Å²) in [6, 6.07) is 7.26. The van der Waals surface area contributed by atoms with Crippen LogP contribution in [0.5, 0.6) is 0 Å². The summed E-state index contributed by atoms with van der Waals surface area (Å²) in [6.45, 7) is 6.15. The Morgan fingerprint density at radius 2 is 2.06 bits per heavy atom. The van der Waals surface area contributed by atoms with Crippen molar-refractivity contribution in [3.63, 3.8) is 0 Å². The molecule has 1 aromatic carbocycles. The third-order valence-electron chi connectivity index (χ3n) is 3.90. The maximum atomic E-state index is 5.89. The number of rotatable bonds is 5. The van der Waals surface area contributed by atoms with Gasteiger partial charge in [-0.1, -0.05) is 23.8 Å². The van der Waals surface area contributed by atoms with E-state index in [4.69, 9.17) is 5.73 Å². The lowest BCUT2D eigenvalue weighted by molar-refractivity contribution is 0.215. The zero-order valence-electron chi connectivity index (χ0n) is 11.2. The smallest absolute Gasteiger partial charge is 0.0247 e. The van der Waals surface area contributed by atoms with Gasteiger partial charge >= 0.3 is 0 Å². The molecule has 1 aliphatic rings. The van der Waals surface area contributed by atoms with Crippen LogP contribution in [0.1, 0.15) is 29.5 Å². The minimum absolute atomic E-state index is 0.565. The number of nitrogens with zero attached hydrogens (tertiary/aromatic N) is 1. The second-order valence-corrected chi connectivity index (χ2v) is 5.49. The summed E-state index contributed by atoms with van der Waals surface area (Å²) in [4.78, 5) is 2.43. The van der Waals surface area contributed by atoms with E-state index in [2.05, 4.69) is 44.0 Å². The van der Waals surface area contributed by atoms with Crippen molar-refractivity contribution in [1.29, 1.82) is 0 Å². The van der Waals surface area contributed by atoms with E-state index in [9.17, 15) is 0 Å². The first kappa shape index (κ1) is 12.6. The fourth-order valence-corrected chi connectivity index (χ4v) is 2.57. The van der Waals surface area contributed by atoms with Crippen molar-refractivity contribution in [3.8, 4) is 0 Å². The highest BCUT2D eigenvalue weighted by Crippen LogP contribution is 2.35. The zero-order valence-corrected chi connectivity index (χ0v) is 11.2. The summed E-state index contributed by atoms with van der Waals surface area (Å²) in [6.07, 6.45) is 2.72. The van der Waals surface area contributed by atoms with Gasteiger partial charge in [0.25, 0.3) is 0 Å². The molecule has 1 aliphatic carbocycles. The van der Waals surface area contributed by atoms with Crippen LogP contribution in [0.15, 0.2) is 18.2 Å². The highest BCUT2D eigenvalue weighted by atomic mass is 15.1. The number of aryl methyl sites for hydroxylation is 2. The minimum atomic E-state index is 0.565. The second kappa shape index (κ2) is 5.19. The molecule has 94 valence electrons. The number of benzene rings is 1. The van der Waals surface area contributed by atoms with Crippen LogP contribution in [0.3, 0.4) is 0 Å². The van der Waals surface area contributed by atoms with E-state index in [0.29, 0.717) is 6.04 Å². The molecule has 17 heavy (non-hydrogen) atoms. The van der Waals surface area contributed by atoms with Crippen LogP contribution in [0.4, 0.5) is 0 Å². The average Bonchev–Trinajstić information content (AvgIpc) is 3.09. The first-order chi connectivity index (χ1) is 8.11. The van der Waals surface area contributed by atoms with Crippen LogP contribution in [-0.4, -0.2) is 24.5 Å². The molecule has 1 unspecified atom stereocenters. The number of likely N-dealkylation sites (N-methyl/N-ethyl adjacent to an activating group) is 1. The summed E-state index contributed by atoms with van der Waals surface area (Å²) in [5, 5.41) is 0. The SMILES string of the molecule is Cc1ccc(C)c(CN(C)C(CN)C2CC2)c1. The summed E-state index contributed by atoms with van der Waals surface area (Å²) in [7, 11) is 2.21. The Morgan fingerprint density at radius 1 is 1.35 bits per heavy atom. The van der Waals surface area contributed by atoms with Crippen molar-refractivity contribution in [2.75, 3.05) is 13.6 Å². The molecule has 2 rings (SSSR count). The Morgan fingerprint density at radius 3 is 2.65 bits per heavy atom. The summed E-state index contributed by atoms with van der Waals surface area (Å²) >= 11 is 0. The van der Waals surface area contributed by atoms with E-state index in [1.54, 1.807) is 0 Å². The van der Waals surface area contributed by atoms with E-state index in [1.165, 1.54) is 29.5 Å². The van der Waals surface area contributed by atoms with Crippen LogP contribution in [-0.2, 0) is 6.54 Å². The van der Waals surface area contributed by atoms with Gasteiger partial charge in [0.1, 0.15) is 0 Å². The molecule has 0 saturated heterocycles. The molecule has 1 saturated carbocycles. The van der Waals surface area contributed by atoms with Gasteiger partial charge in [0, 0.05) is 19.1 Å². The lowest BCUT2D eigenvalue weighted by Crippen LogP contribution is -2.39. The molecule has 1 atom stereocenters. The van der Waals surface area contributed by atoms with Crippen molar-refractivity contribution >= 4 is 0 Å². The van der Waals surface area contributed by atoms with Crippen molar-refractivity contribution < 1.29 is 0 Å². The van der Waals surface area contributed by atoms with Crippen LogP contribution in [0.25, 0.3) is 0 Å². The topological polar surface area (TPSA) is 29.3 Å². The number of hydrogen-bond acceptors (Lipinski definition) is 2. The predicted octanol–water partition coefficient (Wildman–Crippen LogP) is 2.47. The molecule has 0 spiro atoms. The third-order valence-corrected chi connectivity index (χ3v) is 3.90. The van der Waals surface area contributed by atoms with Crippen LogP contribution in [0.2, 0.25) is 0 Å². The number of hydrogen-bond donors (Lipinski definition) is 1. The molecular weight excluding hydrogens is 208 g/mol. The van der Waals surface area contributed by atoms with Crippen LogP contribution >= 0.6 is 0 Å². The highest BCUT2D eigenvalue weighted by Gasteiger charge is 2.32. The average molecular weight is 232 g/mol. The Balaban J connectivity index is 2.05. The molecule has 0 heterocycles. The molecule has 2 N–H and O–H groups in total. The summed E-state index contributed by atoms with van der Waals surface area (Å²) in [5.74, 6) is 0.843. The monoisotopic (exact) mass is 232 g/mol. The highest BCUT2D eigenvalue weighted by molar-refractivity contribution is 5.30. The molecular formula is C15H24N2. The van der Waals surface area contributed by atoms with Crippen molar-refractivity contribution in [1.82, 2.24) is 4.90 Å². The van der Waals surface area contributed by atoms with Gasteiger partial charge in [-0.25, -0.2) is 0 Å². The standard InChI is InChI=1S/C15H24N2/c1-11-4-5-12(2)14(8-11)10-17(3)15(9-16)13-6-7-13/h4-5,8,13,15H,6-7,9-10,16H2,1-3H3. The van der Waals surface area contributed by atoms with Gasteiger partial charge in [-0.05, 0) is 50.8 Å². The van der Waals surface area contributed by atoms with Gasteiger partial charge in [0.15, 0.2) is 0 Å². The van der Waals surface area contributed by atoms with Crippen molar-refractivity contribution in [2.45, 2.75) is 39.3 Å². The Kier molecular flexibility index (Phi) is 3.85. The van der Waals surface area contributed by atoms with Gasteiger partial charge in [-0.15, -0.1) is 0 Å². The van der Waals surface area contributed by atoms with E-state index in [-0.39, 0.29) is 0 Å². The zero-order chi connectivity index (χ0) is 12.4. The van der Waals surface area contributed by atoms with E-state index >= 15 is 0 Å². The molecule has 0 aromatic heterocycles. The minimum Gasteiger partial charge on any atom is -0.329 e. The maximum absolute atomic E-state index is 5.89. The Hall–Kier alpha value is -0.860. The van der Waals surface area contributed by atoms with Gasteiger partial charge < -0.3 is 5.73 Å². The Bertz CT molecular complexity index is 383. The summed E-state index contributed by atoms with van der Waals surface area (Å²) in [5.41, 5.74) is 10.1. The van der Waals surface area contributed by atoms with Gasteiger partial charge in [0.05, 0.1) is 0 Å². The van der Waals surface area contributed by atoms with Crippen LogP contribution < -0.4 is 5.73 Å². The maximum Gasteiger partial charge on any atom is 0.0247 e. The fourth-order valence-electron chi connectivity index (χ4n) is 2.57. The van der Waals surface area contributed by atoms with E-state index < -0.39 is 0 Å². The molecule has 0 amide bonds. The molecule has 0 aliphatic heterocycles. The van der Waals surface area contributed by atoms with Gasteiger partial charge in [0.2, 0.25) is 0 Å². The third kappa shape index (κ3) is 3.08.